The van der Waals surface area contributed by atoms with E-state index in [0.717, 1.165) is 0 Å². The zero-order valence-electron chi connectivity index (χ0n) is 29.9. The summed E-state index contributed by atoms with van der Waals surface area (Å²) in [5.41, 5.74) is -2.61. The Bertz CT molecular complexity index is 985. The van der Waals surface area contributed by atoms with Crippen molar-refractivity contribution in [2.45, 2.75) is 118 Å². The first kappa shape index (κ1) is 41.6. The molecule has 0 aliphatic heterocycles. The zero-order chi connectivity index (χ0) is 35.1. The second-order valence-corrected chi connectivity index (χ2v) is 14.7. The van der Waals surface area contributed by atoms with Gasteiger partial charge in [-0.1, -0.05) is 18.2 Å². The van der Waals surface area contributed by atoms with Gasteiger partial charge in [-0.15, -0.1) is 6.58 Å². The first-order valence-electron chi connectivity index (χ1n) is 15.6. The predicted octanol–water partition coefficient (Wildman–Crippen LogP) is 6.74. The van der Waals surface area contributed by atoms with Gasteiger partial charge < -0.3 is 39.0 Å². The molecule has 0 spiro atoms. The van der Waals surface area contributed by atoms with Crippen molar-refractivity contribution in [3.05, 3.63) is 24.8 Å². The Morgan fingerprint density at radius 1 is 0.556 bits per heavy atom. The monoisotopic (exact) mass is 640 g/mol. The molecule has 0 radical (unpaired) electrons. The van der Waals surface area contributed by atoms with Crippen LogP contribution in [0.3, 0.4) is 0 Å². The van der Waals surface area contributed by atoms with Crippen molar-refractivity contribution in [2.75, 3.05) is 45.8 Å². The van der Waals surface area contributed by atoms with E-state index < -0.39 is 46.8 Å². The van der Waals surface area contributed by atoms with Crippen LogP contribution in [-0.2, 0) is 18.9 Å². The van der Waals surface area contributed by atoms with Gasteiger partial charge in [-0.25, -0.2) is 19.2 Å². The van der Waals surface area contributed by atoms with Gasteiger partial charge in [0.15, 0.2) is 0 Å². The molecule has 45 heavy (non-hydrogen) atoms. The second kappa shape index (κ2) is 18.5. The summed E-state index contributed by atoms with van der Waals surface area (Å²) in [5, 5.41) is 2.69. The molecule has 0 aromatic carbocycles. The highest BCUT2D eigenvalue weighted by Crippen LogP contribution is 2.14. The number of hydrogen-bond donors (Lipinski definition) is 1. The van der Waals surface area contributed by atoms with Crippen molar-refractivity contribution in [3.63, 3.8) is 0 Å². The molecule has 0 atom stereocenters. The molecule has 0 rings (SSSR count). The normalized spacial score (nSPS) is 12.3. The van der Waals surface area contributed by atoms with Crippen LogP contribution < -0.4 is 5.32 Å². The average Bonchev–Trinajstić information content (AvgIpc) is 2.81. The molecule has 0 unspecified atom stereocenters. The van der Waals surface area contributed by atoms with Crippen molar-refractivity contribution in [1.82, 2.24) is 20.0 Å². The third kappa shape index (κ3) is 22.7. The van der Waals surface area contributed by atoms with Crippen LogP contribution in [0.15, 0.2) is 24.8 Å². The maximum absolute atomic E-state index is 13.0. The molecular weight excluding hydrogens is 580 g/mol. The van der Waals surface area contributed by atoms with Crippen molar-refractivity contribution >= 4 is 24.4 Å². The molecule has 0 aromatic rings. The number of ether oxygens (including phenoxy) is 4. The molecule has 0 fully saturated rings. The molecule has 4 amide bonds. The third-order valence-corrected chi connectivity index (χ3v) is 5.25. The number of amides is 4. The molecule has 12 heteroatoms. The summed E-state index contributed by atoms with van der Waals surface area (Å²) in [6.45, 7) is 27.4. The van der Waals surface area contributed by atoms with E-state index in [4.69, 9.17) is 18.9 Å². The Morgan fingerprint density at radius 3 is 1.22 bits per heavy atom. The van der Waals surface area contributed by atoms with Crippen LogP contribution in [0, 0.1) is 0 Å². The minimum absolute atomic E-state index is 0.227. The van der Waals surface area contributed by atoms with Crippen molar-refractivity contribution < 1.29 is 38.1 Å². The van der Waals surface area contributed by atoms with E-state index >= 15 is 0 Å². The topological polar surface area (TPSA) is 127 Å². The van der Waals surface area contributed by atoms with Crippen LogP contribution in [0.4, 0.5) is 19.2 Å². The van der Waals surface area contributed by atoms with Crippen molar-refractivity contribution in [1.29, 1.82) is 0 Å². The number of rotatable bonds is 14. The number of carbonyl (C=O) groups is 4. The fourth-order valence-electron chi connectivity index (χ4n) is 3.54. The maximum atomic E-state index is 13.0. The smallest absolute Gasteiger partial charge is 0.410 e. The lowest BCUT2D eigenvalue weighted by molar-refractivity contribution is 0.0221. The Morgan fingerprint density at radius 2 is 0.889 bits per heavy atom. The minimum Gasteiger partial charge on any atom is -0.444 e. The van der Waals surface area contributed by atoms with E-state index in [1.54, 1.807) is 106 Å². The fraction of sp³-hybridized carbons (Fsp3) is 0.758. The van der Waals surface area contributed by atoms with Crippen LogP contribution in [0.2, 0.25) is 0 Å². The molecule has 12 nitrogen and oxygen atoms in total. The van der Waals surface area contributed by atoms with E-state index in [1.807, 2.05) is 0 Å². The fourth-order valence-corrected chi connectivity index (χ4v) is 3.54. The number of nitrogens with one attached hydrogen (secondary N) is 1. The molecule has 0 aliphatic carbocycles. The molecule has 0 bridgehead atoms. The van der Waals surface area contributed by atoms with Gasteiger partial charge in [-0.2, -0.15) is 0 Å². The second-order valence-electron chi connectivity index (χ2n) is 14.7. The maximum Gasteiger partial charge on any atom is 0.410 e. The number of hydrogen-bond acceptors (Lipinski definition) is 8. The summed E-state index contributed by atoms with van der Waals surface area (Å²) in [5.74, 6) is 0. The van der Waals surface area contributed by atoms with Gasteiger partial charge in [0.05, 0.1) is 0 Å². The molecule has 260 valence electrons. The van der Waals surface area contributed by atoms with Crippen molar-refractivity contribution in [3.8, 4) is 0 Å². The SMILES string of the molecule is C=CCN(CCCN(CC=CCN(CCCNC(=O)OC(C)(C)C)C(=O)OC(C)(C)C)C(=O)OC(C)(C)C)C(=O)OC(C)(C)C. The molecule has 0 saturated heterocycles. The molecule has 0 aliphatic rings. The first-order chi connectivity index (χ1) is 20.4. The van der Waals surface area contributed by atoms with Gasteiger partial charge >= 0.3 is 24.4 Å². The van der Waals surface area contributed by atoms with Gasteiger partial charge in [0.2, 0.25) is 0 Å². The van der Waals surface area contributed by atoms with E-state index in [9.17, 15) is 19.2 Å². The quantitative estimate of drug-likeness (QED) is 0.126. The van der Waals surface area contributed by atoms with Gasteiger partial charge in [0.25, 0.3) is 0 Å². The number of carbonyl (C=O) groups excluding carboxylic acids is 4. The molecule has 1 N–H and O–H groups in total. The molecule has 0 aromatic heterocycles. The Balaban J connectivity index is 5.44. The van der Waals surface area contributed by atoms with E-state index in [-0.39, 0.29) is 13.1 Å². The Kier molecular flexibility index (Phi) is 17.1. The Labute approximate surface area is 271 Å². The van der Waals surface area contributed by atoms with Gasteiger partial charge in [-0.05, 0) is 95.9 Å². The van der Waals surface area contributed by atoms with Gasteiger partial charge in [-0.3, -0.25) is 0 Å². The molecule has 0 saturated carbocycles. The highest BCUT2D eigenvalue weighted by Gasteiger charge is 2.25. The van der Waals surface area contributed by atoms with Crippen LogP contribution >= 0.6 is 0 Å². The van der Waals surface area contributed by atoms with Gasteiger partial charge in [0, 0.05) is 45.8 Å². The van der Waals surface area contributed by atoms with E-state index in [2.05, 4.69) is 11.9 Å². The lowest BCUT2D eigenvalue weighted by atomic mass is 10.2. The average molecular weight is 641 g/mol. The minimum atomic E-state index is -0.689. The highest BCUT2D eigenvalue weighted by atomic mass is 16.6. The van der Waals surface area contributed by atoms with E-state index in [1.165, 1.54) is 9.80 Å². The number of alkyl carbamates (subject to hydrolysis) is 1. The first-order valence-corrected chi connectivity index (χ1v) is 15.6. The zero-order valence-corrected chi connectivity index (χ0v) is 29.9. The predicted molar refractivity (Wildman–Crippen MR) is 176 cm³/mol. The van der Waals surface area contributed by atoms with Crippen LogP contribution in [0.25, 0.3) is 0 Å². The summed E-state index contributed by atoms with van der Waals surface area (Å²) in [4.78, 5) is 55.1. The lowest BCUT2D eigenvalue weighted by Crippen LogP contribution is -2.41. The summed E-state index contributed by atoms with van der Waals surface area (Å²) in [6, 6.07) is 0. The molecular formula is C33H60N4O8. The Hall–Kier alpha value is -3.44. The summed E-state index contributed by atoms with van der Waals surface area (Å²) in [6.07, 6.45) is 4.21. The standard InChI is InChI=1S/C33H60N4O8/c1-14-20-35(27(39)43-31(5,6)7)24-18-25-37(29(41)45-33(11,12)13)22-16-15-21-36(28(40)44-32(8,9)10)23-17-19-34-26(38)42-30(2,3)4/h14-16H,1,17-25H2,2-13H3,(H,34,38). The van der Waals surface area contributed by atoms with Gasteiger partial charge in [0.1, 0.15) is 22.4 Å². The summed E-state index contributed by atoms with van der Waals surface area (Å²) >= 11 is 0. The van der Waals surface area contributed by atoms with Crippen LogP contribution in [0.5, 0.6) is 0 Å². The summed E-state index contributed by atoms with van der Waals surface area (Å²) < 4.78 is 21.9. The largest absolute Gasteiger partial charge is 0.444 e. The molecule has 0 heterocycles. The lowest BCUT2D eigenvalue weighted by Gasteiger charge is -2.29. The van der Waals surface area contributed by atoms with Crippen molar-refractivity contribution in [2.24, 2.45) is 0 Å². The van der Waals surface area contributed by atoms with Crippen LogP contribution in [0.1, 0.15) is 95.9 Å². The van der Waals surface area contributed by atoms with E-state index in [0.29, 0.717) is 45.6 Å². The van der Waals surface area contributed by atoms with Crippen LogP contribution in [-0.4, -0.2) is 107 Å². The number of nitrogens with zero attached hydrogens (tertiary/aromatic N) is 3. The highest BCUT2D eigenvalue weighted by molar-refractivity contribution is 5.70. The summed E-state index contributed by atoms with van der Waals surface area (Å²) in [7, 11) is 0. The third-order valence-electron chi connectivity index (χ3n) is 5.25.